The highest BCUT2D eigenvalue weighted by atomic mass is 35.5. The van der Waals surface area contributed by atoms with Gasteiger partial charge in [-0.3, -0.25) is 4.79 Å². The van der Waals surface area contributed by atoms with Gasteiger partial charge in [0.05, 0.1) is 12.5 Å². The first-order chi connectivity index (χ1) is 12.9. The Kier molecular flexibility index (Phi) is 5.92. The summed E-state index contributed by atoms with van der Waals surface area (Å²) >= 11 is 5.79. The smallest absolute Gasteiger partial charge is 0.225 e. The number of amides is 1. The standard InChI is InChI=1S/C23H21ClFNO/c1-15-8-11-20(16(2)12-15)23(17-6-4-3-5-7-17)26-22(27)13-18-9-10-19(24)14-21(18)25/h3-12,14,23H,13H2,1-2H3,(H,26,27)/t23-/m0/s1. The first-order valence-electron chi connectivity index (χ1n) is 8.79. The Labute approximate surface area is 164 Å². The molecular weight excluding hydrogens is 361 g/mol. The summed E-state index contributed by atoms with van der Waals surface area (Å²) in [4.78, 5) is 12.7. The lowest BCUT2D eigenvalue weighted by Gasteiger charge is -2.22. The van der Waals surface area contributed by atoms with Gasteiger partial charge in [0, 0.05) is 5.02 Å². The van der Waals surface area contributed by atoms with Crippen molar-refractivity contribution in [2.75, 3.05) is 0 Å². The molecule has 0 aliphatic carbocycles. The van der Waals surface area contributed by atoms with E-state index >= 15 is 0 Å². The van der Waals surface area contributed by atoms with Gasteiger partial charge in [0.1, 0.15) is 5.82 Å². The van der Waals surface area contributed by atoms with Crippen LogP contribution in [0.15, 0.2) is 66.7 Å². The lowest BCUT2D eigenvalue weighted by Crippen LogP contribution is -2.31. The minimum Gasteiger partial charge on any atom is -0.345 e. The van der Waals surface area contributed by atoms with Crippen LogP contribution in [0.25, 0.3) is 0 Å². The average molecular weight is 382 g/mol. The Balaban J connectivity index is 1.88. The van der Waals surface area contributed by atoms with Crippen molar-refractivity contribution in [1.82, 2.24) is 5.32 Å². The Morgan fingerprint density at radius 1 is 1.04 bits per heavy atom. The van der Waals surface area contributed by atoms with Gasteiger partial charge in [-0.15, -0.1) is 0 Å². The molecule has 0 aliphatic rings. The van der Waals surface area contributed by atoms with E-state index in [9.17, 15) is 9.18 Å². The minimum absolute atomic E-state index is 0.0444. The molecule has 27 heavy (non-hydrogen) atoms. The van der Waals surface area contributed by atoms with Gasteiger partial charge < -0.3 is 5.32 Å². The molecule has 0 spiro atoms. The second-order valence-electron chi connectivity index (χ2n) is 6.68. The molecule has 4 heteroatoms. The summed E-state index contributed by atoms with van der Waals surface area (Å²) in [6, 6.07) is 20.0. The van der Waals surface area contributed by atoms with Gasteiger partial charge in [-0.25, -0.2) is 4.39 Å². The topological polar surface area (TPSA) is 29.1 Å². The molecule has 3 aromatic rings. The molecule has 3 rings (SSSR count). The zero-order valence-corrected chi connectivity index (χ0v) is 16.1. The average Bonchev–Trinajstić information content (AvgIpc) is 2.63. The molecule has 0 bridgehead atoms. The molecule has 0 aromatic heterocycles. The van der Waals surface area contributed by atoms with Crippen molar-refractivity contribution in [3.8, 4) is 0 Å². The number of aryl methyl sites for hydroxylation is 2. The quantitative estimate of drug-likeness (QED) is 0.617. The van der Waals surface area contributed by atoms with Crippen LogP contribution in [-0.2, 0) is 11.2 Å². The molecular formula is C23H21ClFNO. The zero-order chi connectivity index (χ0) is 19.4. The fourth-order valence-electron chi connectivity index (χ4n) is 3.19. The number of nitrogens with one attached hydrogen (secondary N) is 1. The van der Waals surface area contributed by atoms with E-state index in [0.717, 1.165) is 22.3 Å². The van der Waals surface area contributed by atoms with Crippen molar-refractivity contribution in [1.29, 1.82) is 0 Å². The molecule has 3 aromatic carbocycles. The second-order valence-corrected chi connectivity index (χ2v) is 7.12. The number of benzene rings is 3. The minimum atomic E-state index is -0.472. The third-order valence-corrected chi connectivity index (χ3v) is 4.78. The largest absolute Gasteiger partial charge is 0.345 e. The van der Waals surface area contributed by atoms with Crippen molar-refractivity contribution >= 4 is 17.5 Å². The SMILES string of the molecule is Cc1ccc([C@@H](NC(=O)Cc2ccc(Cl)cc2F)c2ccccc2)c(C)c1. The van der Waals surface area contributed by atoms with Gasteiger partial charge in [0.2, 0.25) is 5.91 Å². The van der Waals surface area contributed by atoms with Crippen LogP contribution in [0.3, 0.4) is 0 Å². The van der Waals surface area contributed by atoms with Crippen molar-refractivity contribution in [2.24, 2.45) is 0 Å². The fourth-order valence-corrected chi connectivity index (χ4v) is 3.34. The highest BCUT2D eigenvalue weighted by Gasteiger charge is 2.19. The van der Waals surface area contributed by atoms with Gasteiger partial charge in [0.25, 0.3) is 0 Å². The summed E-state index contributed by atoms with van der Waals surface area (Å²) in [6.45, 7) is 4.07. The molecule has 0 saturated heterocycles. The third kappa shape index (κ3) is 4.75. The Bertz CT molecular complexity index is 956. The first kappa shape index (κ1) is 19.1. The molecule has 2 nitrogen and oxygen atoms in total. The van der Waals surface area contributed by atoms with Crippen LogP contribution < -0.4 is 5.32 Å². The molecule has 0 heterocycles. The van der Waals surface area contributed by atoms with Crippen LogP contribution >= 0.6 is 11.6 Å². The van der Waals surface area contributed by atoms with Crippen LogP contribution in [-0.4, -0.2) is 5.91 Å². The fraction of sp³-hybridized carbons (Fsp3) is 0.174. The van der Waals surface area contributed by atoms with E-state index in [1.807, 2.05) is 56.3 Å². The number of carbonyl (C=O) groups excluding carboxylic acids is 1. The molecule has 0 unspecified atom stereocenters. The summed E-state index contributed by atoms with van der Waals surface area (Å²) in [5.74, 6) is -0.717. The molecule has 1 N–H and O–H groups in total. The Hall–Kier alpha value is -2.65. The van der Waals surface area contributed by atoms with E-state index in [2.05, 4.69) is 11.4 Å². The maximum atomic E-state index is 14.0. The van der Waals surface area contributed by atoms with Gasteiger partial charge in [-0.2, -0.15) is 0 Å². The van der Waals surface area contributed by atoms with Crippen molar-refractivity contribution in [2.45, 2.75) is 26.3 Å². The molecule has 1 amide bonds. The van der Waals surface area contributed by atoms with Gasteiger partial charge in [0.15, 0.2) is 0 Å². The summed E-state index contributed by atoms with van der Waals surface area (Å²) in [5.41, 5.74) is 4.59. The predicted octanol–water partition coefficient (Wildman–Crippen LogP) is 5.54. The molecule has 0 aliphatic heterocycles. The lowest BCUT2D eigenvalue weighted by molar-refractivity contribution is -0.121. The molecule has 0 radical (unpaired) electrons. The number of hydrogen-bond donors (Lipinski definition) is 1. The normalized spacial score (nSPS) is 11.9. The number of halogens is 2. The van der Waals surface area contributed by atoms with Crippen LogP contribution in [0.1, 0.15) is 33.9 Å². The number of hydrogen-bond acceptors (Lipinski definition) is 1. The molecule has 138 valence electrons. The summed E-state index contributed by atoms with van der Waals surface area (Å²) in [5, 5.41) is 3.38. The maximum absolute atomic E-state index is 14.0. The maximum Gasteiger partial charge on any atom is 0.225 e. The molecule has 0 saturated carbocycles. The Morgan fingerprint density at radius 2 is 1.78 bits per heavy atom. The van der Waals surface area contributed by atoms with Crippen LogP contribution in [0.5, 0.6) is 0 Å². The van der Waals surface area contributed by atoms with Gasteiger partial charge >= 0.3 is 0 Å². The number of rotatable bonds is 5. The highest BCUT2D eigenvalue weighted by molar-refractivity contribution is 6.30. The lowest BCUT2D eigenvalue weighted by atomic mass is 9.93. The molecule has 0 fully saturated rings. The van der Waals surface area contributed by atoms with E-state index in [1.165, 1.54) is 6.07 Å². The van der Waals surface area contributed by atoms with E-state index in [0.29, 0.717) is 10.6 Å². The van der Waals surface area contributed by atoms with Crippen molar-refractivity contribution < 1.29 is 9.18 Å². The zero-order valence-electron chi connectivity index (χ0n) is 15.3. The van der Waals surface area contributed by atoms with Crippen molar-refractivity contribution in [3.05, 3.63) is 105 Å². The van der Waals surface area contributed by atoms with Crippen LogP contribution in [0.4, 0.5) is 4.39 Å². The summed E-state index contributed by atoms with van der Waals surface area (Å²) < 4.78 is 14.0. The predicted molar refractivity (Wildman–Crippen MR) is 107 cm³/mol. The van der Waals surface area contributed by atoms with Gasteiger partial charge in [-0.05, 0) is 48.2 Å². The summed E-state index contributed by atoms with van der Waals surface area (Å²) in [6.07, 6.45) is -0.0444. The van der Waals surface area contributed by atoms with Crippen LogP contribution in [0, 0.1) is 19.7 Å². The monoisotopic (exact) mass is 381 g/mol. The Morgan fingerprint density at radius 3 is 2.44 bits per heavy atom. The van der Waals surface area contributed by atoms with E-state index in [1.54, 1.807) is 12.1 Å². The highest BCUT2D eigenvalue weighted by Crippen LogP contribution is 2.26. The van der Waals surface area contributed by atoms with Crippen molar-refractivity contribution in [3.63, 3.8) is 0 Å². The summed E-state index contributed by atoms with van der Waals surface area (Å²) in [7, 11) is 0. The van der Waals surface area contributed by atoms with E-state index in [4.69, 9.17) is 11.6 Å². The van der Waals surface area contributed by atoms with E-state index < -0.39 is 5.82 Å². The number of carbonyl (C=O) groups is 1. The first-order valence-corrected chi connectivity index (χ1v) is 9.17. The third-order valence-electron chi connectivity index (χ3n) is 4.54. The van der Waals surface area contributed by atoms with E-state index in [-0.39, 0.29) is 18.4 Å². The molecule has 1 atom stereocenters. The van der Waals surface area contributed by atoms with Crippen LogP contribution in [0.2, 0.25) is 5.02 Å². The second kappa shape index (κ2) is 8.36. The van der Waals surface area contributed by atoms with Gasteiger partial charge in [-0.1, -0.05) is 71.8 Å².